The van der Waals surface area contributed by atoms with Gasteiger partial charge in [-0.25, -0.2) is 0 Å². The van der Waals surface area contributed by atoms with Crippen molar-refractivity contribution in [3.05, 3.63) is 43.0 Å². The number of para-hydroxylation sites is 1. The van der Waals surface area contributed by atoms with Crippen molar-refractivity contribution in [2.45, 2.75) is 0 Å². The van der Waals surface area contributed by atoms with Crippen LogP contribution in [0.25, 0.3) is 0 Å². The average molecular weight is 241 g/mol. The third kappa shape index (κ3) is 4.46. The fourth-order valence-corrected chi connectivity index (χ4v) is 1.80. The molecule has 0 fully saturated rings. The number of benzene rings is 1. The second kappa shape index (κ2) is 5.67. The van der Waals surface area contributed by atoms with E-state index < -0.39 is 10.1 Å². The van der Waals surface area contributed by atoms with Gasteiger partial charge in [0.25, 0.3) is 10.1 Å². The molecule has 0 saturated carbocycles. The van der Waals surface area contributed by atoms with Crippen molar-refractivity contribution in [3.8, 4) is 0 Å². The first kappa shape index (κ1) is 12.7. The van der Waals surface area contributed by atoms with Gasteiger partial charge in [-0.05, 0) is 12.1 Å². The van der Waals surface area contributed by atoms with Gasteiger partial charge in [0.1, 0.15) is 0 Å². The van der Waals surface area contributed by atoms with Gasteiger partial charge in [0.05, 0.1) is 5.75 Å². The van der Waals surface area contributed by atoms with Crippen molar-refractivity contribution in [1.82, 2.24) is 0 Å². The van der Waals surface area contributed by atoms with Crippen LogP contribution in [-0.2, 0) is 10.1 Å². The maximum absolute atomic E-state index is 10.7. The van der Waals surface area contributed by atoms with E-state index in [1.165, 1.54) is 0 Å². The largest absolute Gasteiger partial charge is 0.367 e. The van der Waals surface area contributed by atoms with Gasteiger partial charge in [-0.3, -0.25) is 4.55 Å². The van der Waals surface area contributed by atoms with Gasteiger partial charge in [0, 0.05) is 18.8 Å². The van der Waals surface area contributed by atoms with E-state index in [0.717, 1.165) is 5.69 Å². The minimum Gasteiger partial charge on any atom is -0.367 e. The Bertz CT molecular complexity index is 428. The number of rotatable bonds is 6. The predicted molar refractivity (Wildman–Crippen MR) is 65.3 cm³/mol. The van der Waals surface area contributed by atoms with E-state index in [1.54, 1.807) is 6.08 Å². The summed E-state index contributed by atoms with van der Waals surface area (Å²) in [6.45, 7) is 4.40. The van der Waals surface area contributed by atoms with Crippen LogP contribution in [0.5, 0.6) is 0 Å². The molecule has 0 aromatic heterocycles. The Morgan fingerprint density at radius 2 is 1.94 bits per heavy atom. The van der Waals surface area contributed by atoms with Gasteiger partial charge in [-0.1, -0.05) is 24.3 Å². The number of hydrogen-bond donors (Lipinski definition) is 1. The smallest absolute Gasteiger partial charge is 0.266 e. The second-order valence-electron chi connectivity index (χ2n) is 3.36. The molecule has 1 N–H and O–H groups in total. The third-order valence-corrected chi connectivity index (χ3v) is 2.79. The van der Waals surface area contributed by atoms with Gasteiger partial charge in [-0.15, -0.1) is 6.58 Å². The van der Waals surface area contributed by atoms with Gasteiger partial charge >= 0.3 is 0 Å². The van der Waals surface area contributed by atoms with E-state index in [2.05, 4.69) is 6.58 Å². The molecule has 0 aliphatic heterocycles. The Hall–Kier alpha value is -1.33. The SMILES string of the molecule is C=CCN(CCS(=O)(=O)O)c1ccccc1. The van der Waals surface area contributed by atoms with Crippen LogP contribution in [-0.4, -0.2) is 31.8 Å². The summed E-state index contributed by atoms with van der Waals surface area (Å²) in [5.74, 6) is -0.282. The lowest BCUT2D eigenvalue weighted by atomic mass is 10.3. The lowest BCUT2D eigenvalue weighted by Crippen LogP contribution is -2.29. The summed E-state index contributed by atoms with van der Waals surface area (Å²) in [6, 6.07) is 9.40. The van der Waals surface area contributed by atoms with E-state index >= 15 is 0 Å². The normalized spacial score (nSPS) is 11.1. The molecule has 1 rings (SSSR count). The summed E-state index contributed by atoms with van der Waals surface area (Å²) in [7, 11) is -3.92. The summed E-state index contributed by atoms with van der Waals surface area (Å²) < 4.78 is 30.1. The molecule has 0 aliphatic carbocycles. The first-order chi connectivity index (χ1) is 7.53. The molecule has 4 nitrogen and oxygen atoms in total. The second-order valence-corrected chi connectivity index (χ2v) is 4.93. The van der Waals surface area contributed by atoms with Gasteiger partial charge in [0.2, 0.25) is 0 Å². The van der Waals surface area contributed by atoms with Crippen molar-refractivity contribution in [2.24, 2.45) is 0 Å². The Labute approximate surface area is 96.0 Å². The molecule has 16 heavy (non-hydrogen) atoms. The zero-order valence-electron chi connectivity index (χ0n) is 8.91. The van der Waals surface area contributed by atoms with Crippen molar-refractivity contribution in [1.29, 1.82) is 0 Å². The molecule has 0 unspecified atom stereocenters. The van der Waals surface area contributed by atoms with E-state index in [9.17, 15) is 8.42 Å². The molecule has 0 saturated heterocycles. The minimum absolute atomic E-state index is 0.245. The number of nitrogens with zero attached hydrogens (tertiary/aromatic N) is 1. The first-order valence-electron chi connectivity index (χ1n) is 4.89. The van der Waals surface area contributed by atoms with Crippen LogP contribution in [0.15, 0.2) is 43.0 Å². The summed E-state index contributed by atoms with van der Waals surface area (Å²) >= 11 is 0. The highest BCUT2D eigenvalue weighted by atomic mass is 32.2. The van der Waals surface area contributed by atoms with E-state index in [4.69, 9.17) is 4.55 Å². The number of anilines is 1. The lowest BCUT2D eigenvalue weighted by Gasteiger charge is -2.22. The zero-order valence-corrected chi connectivity index (χ0v) is 9.73. The van der Waals surface area contributed by atoms with Crippen molar-refractivity contribution in [2.75, 3.05) is 23.7 Å². The lowest BCUT2D eigenvalue weighted by molar-refractivity contribution is 0.482. The van der Waals surface area contributed by atoms with Crippen LogP contribution in [0, 0.1) is 0 Å². The standard InChI is InChI=1S/C11H15NO3S/c1-2-8-12(9-10-16(13,14)15)11-6-4-3-5-7-11/h2-7H,1,8-10H2,(H,13,14,15). The van der Waals surface area contributed by atoms with Gasteiger partial charge < -0.3 is 4.90 Å². The van der Waals surface area contributed by atoms with E-state index in [0.29, 0.717) is 6.54 Å². The molecule has 5 heteroatoms. The highest BCUT2D eigenvalue weighted by Crippen LogP contribution is 2.12. The fraction of sp³-hybridized carbons (Fsp3) is 0.273. The van der Waals surface area contributed by atoms with Crippen molar-refractivity contribution in [3.63, 3.8) is 0 Å². The Kier molecular flexibility index (Phi) is 4.52. The summed E-state index contributed by atoms with van der Waals surface area (Å²) in [5.41, 5.74) is 0.908. The van der Waals surface area contributed by atoms with Crippen LogP contribution in [0.1, 0.15) is 0 Å². The van der Waals surface area contributed by atoms with Gasteiger partial charge in [-0.2, -0.15) is 8.42 Å². The molecule has 0 amide bonds. The Morgan fingerprint density at radius 1 is 1.31 bits per heavy atom. The highest BCUT2D eigenvalue weighted by molar-refractivity contribution is 7.85. The molecular weight excluding hydrogens is 226 g/mol. The summed E-state index contributed by atoms with van der Waals surface area (Å²) in [4.78, 5) is 1.83. The zero-order chi connectivity index (χ0) is 12.0. The highest BCUT2D eigenvalue weighted by Gasteiger charge is 2.09. The topological polar surface area (TPSA) is 57.6 Å². The maximum Gasteiger partial charge on any atom is 0.266 e. The summed E-state index contributed by atoms with van der Waals surface area (Å²) in [6.07, 6.45) is 1.69. The van der Waals surface area contributed by atoms with Crippen LogP contribution >= 0.6 is 0 Å². The van der Waals surface area contributed by atoms with Gasteiger partial charge in [0.15, 0.2) is 0 Å². The first-order valence-corrected chi connectivity index (χ1v) is 6.50. The quantitative estimate of drug-likeness (QED) is 0.606. The summed E-state index contributed by atoms with van der Waals surface area (Å²) in [5, 5.41) is 0. The monoisotopic (exact) mass is 241 g/mol. The minimum atomic E-state index is -3.92. The maximum atomic E-state index is 10.7. The predicted octanol–water partition coefficient (Wildman–Crippen LogP) is 1.57. The third-order valence-electron chi connectivity index (χ3n) is 2.09. The Morgan fingerprint density at radius 3 is 2.44 bits per heavy atom. The van der Waals surface area contributed by atoms with Crippen LogP contribution in [0.3, 0.4) is 0 Å². The molecule has 0 bridgehead atoms. The molecule has 1 aromatic carbocycles. The molecule has 0 heterocycles. The number of hydrogen-bond acceptors (Lipinski definition) is 3. The van der Waals surface area contributed by atoms with Crippen LogP contribution < -0.4 is 4.90 Å². The van der Waals surface area contributed by atoms with E-state index in [1.807, 2.05) is 35.2 Å². The van der Waals surface area contributed by atoms with Crippen molar-refractivity contribution >= 4 is 15.8 Å². The van der Waals surface area contributed by atoms with Crippen LogP contribution in [0.4, 0.5) is 5.69 Å². The Balaban J connectivity index is 2.72. The van der Waals surface area contributed by atoms with Crippen molar-refractivity contribution < 1.29 is 13.0 Å². The van der Waals surface area contributed by atoms with E-state index in [-0.39, 0.29) is 12.3 Å². The molecule has 0 radical (unpaired) electrons. The van der Waals surface area contributed by atoms with Crippen LogP contribution in [0.2, 0.25) is 0 Å². The molecule has 88 valence electrons. The average Bonchev–Trinajstić information content (AvgIpc) is 2.24. The molecule has 0 aliphatic rings. The fourth-order valence-electron chi connectivity index (χ4n) is 1.35. The molecule has 0 spiro atoms. The molecular formula is C11H15NO3S. The molecule has 0 atom stereocenters. The molecule has 1 aromatic rings.